The Labute approximate surface area is 462 Å². The zero-order chi connectivity index (χ0) is 59.1. The summed E-state index contributed by atoms with van der Waals surface area (Å²) in [6.07, 6.45) is 0.785. The van der Waals surface area contributed by atoms with Crippen molar-refractivity contribution in [1.82, 2.24) is 9.97 Å². The van der Waals surface area contributed by atoms with Crippen molar-refractivity contribution in [3.05, 3.63) is 105 Å². The minimum Gasteiger partial charge on any atom is -0.506 e. The van der Waals surface area contributed by atoms with Crippen LogP contribution in [0.4, 0.5) is 0 Å². The molecule has 0 aliphatic heterocycles. The van der Waals surface area contributed by atoms with Gasteiger partial charge in [-0.1, -0.05) is 36.7 Å². The van der Waals surface area contributed by atoms with E-state index in [-0.39, 0.29) is 34.8 Å². The van der Waals surface area contributed by atoms with E-state index in [9.17, 15) is 29.4 Å². The Morgan fingerprint density at radius 3 is 0.962 bits per heavy atom. The zero-order valence-electron chi connectivity index (χ0n) is 49.6. The van der Waals surface area contributed by atoms with E-state index in [1.807, 2.05) is 55.4 Å². The van der Waals surface area contributed by atoms with Crippen LogP contribution in [0, 0.1) is 49.4 Å². The minimum absolute atomic E-state index is 0.0281. The number of carbonyl (C=O) groups excluding carboxylic acids is 4. The van der Waals surface area contributed by atoms with E-state index in [2.05, 4.69) is 0 Å². The first-order valence-electron chi connectivity index (χ1n) is 26.2. The SMILES string of the molecule is Cc1cc(OC(COC(=O)C(C)(C)C)(COC(=O)C(C)(C)C)O[P+](=O)OC(COC(=O)C(C)(C)C)(COC(=O)C(C)(C)C)Oc2cc(C)c(Cc3ccc(O)c(C(C)C)n3)c(C)c2)cc(C)c1Cc1ccc(O)c(C(C)C)n1. The number of esters is 4. The van der Waals surface area contributed by atoms with E-state index in [1.54, 1.807) is 132 Å². The van der Waals surface area contributed by atoms with Gasteiger partial charge in [0.05, 0.1) is 33.0 Å². The quantitative estimate of drug-likeness (QED) is 0.0323. The van der Waals surface area contributed by atoms with E-state index in [4.69, 9.17) is 47.4 Å². The van der Waals surface area contributed by atoms with Gasteiger partial charge in [0.2, 0.25) is 0 Å². The summed E-state index contributed by atoms with van der Waals surface area (Å²) in [5.74, 6) is -7.28. The molecule has 2 heterocycles. The molecule has 0 fully saturated rings. The standard InChI is InChI=1S/C60H83N2O15P/c1-35(2)49-47(63)23-21-41(61-49)29-45-37(5)25-43(26-38(45)6)74-59(31-70-51(65)55(9,10)11,32-71-52(66)56(12,13)14)76-78(69)77-60(33-72-53(67)57(15,16)17,34-73-54(68)58(18,19)20)75-44-27-39(7)46(40(8)28-44)30-42-22-24-48(64)50(62-42)36(3)4/h21-28,35-36H,29-34H2,1-20H3,(H-,63,64)/p+1. The highest BCUT2D eigenvalue weighted by molar-refractivity contribution is 7.33. The molecule has 0 amide bonds. The van der Waals surface area contributed by atoms with E-state index >= 15 is 4.57 Å². The van der Waals surface area contributed by atoms with E-state index in [0.717, 1.165) is 33.4 Å². The lowest BCUT2D eigenvalue weighted by atomic mass is 9.97. The van der Waals surface area contributed by atoms with Crippen molar-refractivity contribution in [1.29, 1.82) is 0 Å². The molecule has 428 valence electrons. The number of rotatable bonds is 22. The molecule has 0 aliphatic carbocycles. The summed E-state index contributed by atoms with van der Waals surface area (Å²) in [5.41, 5.74) is 3.07. The lowest BCUT2D eigenvalue weighted by molar-refractivity contribution is -0.224. The molecule has 0 saturated carbocycles. The summed E-state index contributed by atoms with van der Waals surface area (Å²) in [5, 5.41) is 20.9. The number of carbonyl (C=O) groups is 4. The topological polar surface area (TPSA) is 225 Å². The third-order valence-electron chi connectivity index (χ3n) is 12.3. The number of benzene rings is 2. The highest BCUT2D eigenvalue weighted by Crippen LogP contribution is 2.42. The Hall–Kier alpha value is -6.16. The second-order valence-corrected chi connectivity index (χ2v) is 25.7. The number of aromatic nitrogens is 2. The molecular weight excluding hydrogens is 1020 g/mol. The Kier molecular flexibility index (Phi) is 20.9. The summed E-state index contributed by atoms with van der Waals surface area (Å²) in [6.45, 7) is 31.6. The van der Waals surface area contributed by atoms with Crippen LogP contribution in [0.5, 0.6) is 23.0 Å². The van der Waals surface area contributed by atoms with Gasteiger partial charge in [-0.05, 0) is 205 Å². The van der Waals surface area contributed by atoms with Crippen LogP contribution in [0.3, 0.4) is 0 Å². The molecule has 4 rings (SSSR count). The molecule has 18 heteroatoms. The van der Waals surface area contributed by atoms with Gasteiger partial charge in [-0.15, -0.1) is 0 Å². The van der Waals surface area contributed by atoms with Gasteiger partial charge >= 0.3 is 43.7 Å². The third kappa shape index (κ3) is 17.9. The van der Waals surface area contributed by atoms with Crippen molar-refractivity contribution in [2.45, 2.75) is 175 Å². The highest BCUT2D eigenvalue weighted by atomic mass is 31.1. The molecule has 0 saturated heterocycles. The van der Waals surface area contributed by atoms with Gasteiger partial charge in [-0.25, -0.2) is 0 Å². The molecule has 2 aromatic heterocycles. The number of hydrogen-bond acceptors (Lipinski definition) is 17. The lowest BCUT2D eigenvalue weighted by Crippen LogP contribution is -2.51. The van der Waals surface area contributed by atoms with Crippen molar-refractivity contribution < 1.29 is 71.4 Å². The van der Waals surface area contributed by atoms with Gasteiger partial charge < -0.3 is 38.6 Å². The number of pyridine rings is 2. The summed E-state index contributed by atoms with van der Waals surface area (Å²) in [6, 6.07) is 13.5. The van der Waals surface area contributed by atoms with Crippen LogP contribution in [-0.4, -0.2) is 82.1 Å². The van der Waals surface area contributed by atoms with E-state index < -0.39 is 91.8 Å². The second-order valence-electron chi connectivity index (χ2n) is 24.9. The average molecular weight is 1100 g/mol. The molecule has 0 aliphatic rings. The summed E-state index contributed by atoms with van der Waals surface area (Å²) < 4.78 is 64.5. The second kappa shape index (κ2) is 25.3. The van der Waals surface area contributed by atoms with Crippen LogP contribution in [0.1, 0.15) is 179 Å². The van der Waals surface area contributed by atoms with Crippen molar-refractivity contribution in [2.75, 3.05) is 26.4 Å². The van der Waals surface area contributed by atoms with Crippen LogP contribution in [0.25, 0.3) is 0 Å². The number of aryl methyl sites for hydroxylation is 4. The van der Waals surface area contributed by atoms with Gasteiger partial charge in [-0.2, -0.15) is 0 Å². The van der Waals surface area contributed by atoms with E-state index in [1.165, 1.54) is 0 Å². The molecule has 4 aromatic rings. The Bertz CT molecular complexity index is 2530. The Morgan fingerprint density at radius 2 is 0.731 bits per heavy atom. The molecule has 78 heavy (non-hydrogen) atoms. The minimum atomic E-state index is -3.64. The molecular formula is C60H84N2O15P+. The first kappa shape index (κ1) is 64.4. The van der Waals surface area contributed by atoms with Crippen molar-refractivity contribution in [2.24, 2.45) is 21.7 Å². The van der Waals surface area contributed by atoms with Gasteiger partial charge in [-0.3, -0.25) is 29.1 Å². The normalized spacial score (nSPS) is 12.6. The lowest BCUT2D eigenvalue weighted by Gasteiger charge is -2.32. The monoisotopic (exact) mass is 1100 g/mol. The van der Waals surface area contributed by atoms with E-state index in [0.29, 0.717) is 35.6 Å². The van der Waals surface area contributed by atoms with Crippen LogP contribution in [0.2, 0.25) is 0 Å². The fourth-order valence-electron chi connectivity index (χ4n) is 7.64. The summed E-state index contributed by atoms with van der Waals surface area (Å²) in [4.78, 5) is 63.8. The van der Waals surface area contributed by atoms with Crippen LogP contribution < -0.4 is 9.47 Å². The average Bonchev–Trinajstić information content (AvgIpc) is 3.30. The largest absolute Gasteiger partial charge is 0.706 e. The Balaban J connectivity index is 1.92. The predicted molar refractivity (Wildman–Crippen MR) is 296 cm³/mol. The number of hydrogen-bond donors (Lipinski definition) is 2. The number of aromatic hydroxyl groups is 2. The van der Waals surface area contributed by atoms with Crippen LogP contribution >= 0.6 is 8.25 Å². The van der Waals surface area contributed by atoms with Gasteiger partial charge in [0.25, 0.3) is 0 Å². The maximum Gasteiger partial charge on any atom is 0.706 e. The first-order valence-corrected chi connectivity index (χ1v) is 27.3. The van der Waals surface area contributed by atoms with Crippen molar-refractivity contribution in [3.8, 4) is 23.0 Å². The molecule has 0 bridgehead atoms. The fraction of sp³-hybridized carbons (Fsp3) is 0.567. The summed E-state index contributed by atoms with van der Waals surface area (Å²) in [7, 11) is -3.64. The van der Waals surface area contributed by atoms with Crippen molar-refractivity contribution >= 4 is 32.1 Å². The molecule has 2 aromatic carbocycles. The Morgan fingerprint density at radius 1 is 0.474 bits per heavy atom. The van der Waals surface area contributed by atoms with Gasteiger partial charge in [0.15, 0.2) is 26.4 Å². The van der Waals surface area contributed by atoms with Crippen LogP contribution in [0.15, 0.2) is 48.5 Å². The molecule has 0 spiro atoms. The molecule has 0 atom stereocenters. The molecule has 0 radical (unpaired) electrons. The third-order valence-corrected chi connectivity index (χ3v) is 13.3. The molecule has 2 N–H and O–H groups in total. The van der Waals surface area contributed by atoms with Crippen molar-refractivity contribution in [3.63, 3.8) is 0 Å². The van der Waals surface area contributed by atoms with Gasteiger partial charge in [0, 0.05) is 28.8 Å². The zero-order valence-corrected chi connectivity index (χ0v) is 50.5. The first-order chi connectivity index (χ1) is 35.7. The fourth-order valence-corrected chi connectivity index (χ4v) is 8.51. The maximum absolute atomic E-state index is 15.1. The number of nitrogens with zero attached hydrogens (tertiary/aromatic N) is 2. The predicted octanol–water partition coefficient (Wildman–Crippen LogP) is 12.4. The summed E-state index contributed by atoms with van der Waals surface area (Å²) >= 11 is 0. The molecule has 0 unspecified atom stereocenters. The van der Waals surface area contributed by atoms with Gasteiger partial charge in [0.1, 0.15) is 23.0 Å². The number of ether oxygens (including phenoxy) is 6. The smallest absolute Gasteiger partial charge is 0.506 e. The van der Waals surface area contributed by atoms with Crippen LogP contribution in [-0.2, 0) is 64.6 Å². The highest BCUT2D eigenvalue weighted by Gasteiger charge is 2.55. The maximum atomic E-state index is 15.1. The molecule has 17 nitrogen and oxygen atoms in total.